The minimum atomic E-state index is 0. The third-order valence-corrected chi connectivity index (χ3v) is 4.05. The van der Waals surface area contributed by atoms with E-state index in [4.69, 9.17) is 0 Å². The zero-order valence-corrected chi connectivity index (χ0v) is 17.9. The Morgan fingerprint density at radius 1 is 1.17 bits per heavy atom. The van der Waals surface area contributed by atoms with Crippen LogP contribution < -0.4 is 10.6 Å². The van der Waals surface area contributed by atoms with Gasteiger partial charge in [0, 0.05) is 32.9 Å². The second-order valence-corrected chi connectivity index (χ2v) is 6.34. The van der Waals surface area contributed by atoms with Crippen LogP contribution in [0.15, 0.2) is 4.99 Å². The topological polar surface area (TPSA) is 54.2 Å². The van der Waals surface area contributed by atoms with Crippen LogP contribution in [0.25, 0.3) is 0 Å². The number of aromatic nitrogens is 2. The summed E-state index contributed by atoms with van der Waals surface area (Å²) in [6.45, 7) is 10.6. The monoisotopic (exact) mass is 435 g/mol. The van der Waals surface area contributed by atoms with Gasteiger partial charge in [-0.15, -0.1) is 24.0 Å². The van der Waals surface area contributed by atoms with Crippen LogP contribution in [0.2, 0.25) is 0 Å². The number of nitrogens with one attached hydrogen (secondary N) is 2. The Bertz CT molecular complexity index is 480. The van der Waals surface area contributed by atoms with E-state index in [0.29, 0.717) is 0 Å². The number of hydrogen-bond acceptors (Lipinski definition) is 2. The van der Waals surface area contributed by atoms with Crippen LogP contribution in [0.5, 0.6) is 0 Å². The van der Waals surface area contributed by atoms with Gasteiger partial charge in [-0.05, 0) is 38.2 Å². The summed E-state index contributed by atoms with van der Waals surface area (Å²) in [6.07, 6.45) is 4.74. The summed E-state index contributed by atoms with van der Waals surface area (Å²) >= 11 is 0. The highest BCUT2D eigenvalue weighted by molar-refractivity contribution is 14.0. The molecule has 0 atom stereocenters. The number of nitrogens with zero attached hydrogens (tertiary/aromatic N) is 3. The van der Waals surface area contributed by atoms with Crippen LogP contribution in [0, 0.1) is 19.8 Å². The third-order valence-electron chi connectivity index (χ3n) is 4.05. The molecule has 2 N–H and O–H groups in total. The van der Waals surface area contributed by atoms with Crippen molar-refractivity contribution in [1.82, 2.24) is 20.4 Å². The molecule has 1 rings (SSSR count). The SMILES string of the molecule is CN=C(NCCCCC(C)C)NCCc1c(C)nn(C)c1C.I. The van der Waals surface area contributed by atoms with Crippen molar-refractivity contribution in [2.45, 2.75) is 53.4 Å². The second kappa shape index (κ2) is 11.7. The van der Waals surface area contributed by atoms with E-state index in [1.165, 1.54) is 30.5 Å². The van der Waals surface area contributed by atoms with Crippen molar-refractivity contribution in [3.63, 3.8) is 0 Å². The smallest absolute Gasteiger partial charge is 0.190 e. The molecule has 5 nitrogen and oxygen atoms in total. The van der Waals surface area contributed by atoms with Crippen molar-refractivity contribution in [3.05, 3.63) is 17.0 Å². The fraction of sp³-hybridized carbons (Fsp3) is 0.765. The molecule has 0 aromatic carbocycles. The zero-order valence-electron chi connectivity index (χ0n) is 15.6. The maximum atomic E-state index is 4.46. The highest BCUT2D eigenvalue weighted by Gasteiger charge is 2.08. The van der Waals surface area contributed by atoms with Crippen molar-refractivity contribution in [2.75, 3.05) is 20.1 Å². The van der Waals surface area contributed by atoms with Crippen LogP contribution in [-0.2, 0) is 13.5 Å². The quantitative estimate of drug-likeness (QED) is 0.286. The molecule has 0 aliphatic carbocycles. The Hall–Kier alpha value is -0.790. The molecular formula is C17H34IN5. The first-order valence-electron chi connectivity index (χ1n) is 8.39. The maximum absolute atomic E-state index is 4.46. The normalized spacial score (nSPS) is 11.5. The van der Waals surface area contributed by atoms with Gasteiger partial charge in [-0.1, -0.05) is 26.7 Å². The average molecular weight is 435 g/mol. The highest BCUT2D eigenvalue weighted by atomic mass is 127. The van der Waals surface area contributed by atoms with Crippen LogP contribution in [0.4, 0.5) is 0 Å². The molecule has 0 fully saturated rings. The van der Waals surface area contributed by atoms with Crippen molar-refractivity contribution >= 4 is 29.9 Å². The molecule has 134 valence electrons. The minimum absolute atomic E-state index is 0. The molecule has 1 aromatic heterocycles. The number of aryl methyl sites for hydroxylation is 2. The number of rotatable bonds is 8. The van der Waals surface area contributed by atoms with Crippen LogP contribution in [-0.4, -0.2) is 35.9 Å². The lowest BCUT2D eigenvalue weighted by Crippen LogP contribution is -2.38. The van der Waals surface area contributed by atoms with Gasteiger partial charge < -0.3 is 10.6 Å². The average Bonchev–Trinajstić information content (AvgIpc) is 2.70. The van der Waals surface area contributed by atoms with Crippen molar-refractivity contribution in [2.24, 2.45) is 18.0 Å². The molecule has 0 aliphatic rings. The van der Waals surface area contributed by atoms with Crippen molar-refractivity contribution in [1.29, 1.82) is 0 Å². The van der Waals surface area contributed by atoms with E-state index < -0.39 is 0 Å². The summed E-state index contributed by atoms with van der Waals surface area (Å²) in [5, 5.41) is 11.2. The Kier molecular flexibility index (Phi) is 11.3. The number of aliphatic imine (C=N–C) groups is 1. The lowest BCUT2D eigenvalue weighted by atomic mass is 10.1. The molecule has 0 aliphatic heterocycles. The standard InChI is InChI=1S/C17H33N5.HI/c1-13(2)9-7-8-11-19-17(18-5)20-12-10-16-14(3)21-22(6)15(16)4;/h13H,7-12H2,1-6H3,(H2,18,19,20);1H. The summed E-state index contributed by atoms with van der Waals surface area (Å²) < 4.78 is 1.95. The largest absolute Gasteiger partial charge is 0.356 e. The zero-order chi connectivity index (χ0) is 16.5. The van der Waals surface area contributed by atoms with E-state index in [1.54, 1.807) is 0 Å². The highest BCUT2D eigenvalue weighted by Crippen LogP contribution is 2.11. The molecule has 0 saturated carbocycles. The Balaban J connectivity index is 0.00000484. The van der Waals surface area contributed by atoms with E-state index in [1.807, 2.05) is 18.8 Å². The first-order chi connectivity index (χ1) is 10.5. The van der Waals surface area contributed by atoms with Gasteiger partial charge in [0.1, 0.15) is 0 Å². The fourth-order valence-electron chi connectivity index (χ4n) is 2.59. The van der Waals surface area contributed by atoms with E-state index in [2.05, 4.69) is 48.4 Å². The lowest BCUT2D eigenvalue weighted by molar-refractivity contribution is 0.534. The summed E-state index contributed by atoms with van der Waals surface area (Å²) in [5.41, 5.74) is 3.71. The molecule has 0 radical (unpaired) electrons. The molecule has 1 heterocycles. The number of hydrogen-bond donors (Lipinski definition) is 2. The summed E-state index contributed by atoms with van der Waals surface area (Å²) in [5.74, 6) is 1.69. The maximum Gasteiger partial charge on any atom is 0.190 e. The van der Waals surface area contributed by atoms with Crippen molar-refractivity contribution in [3.8, 4) is 0 Å². The van der Waals surface area contributed by atoms with Gasteiger partial charge in [0.15, 0.2) is 5.96 Å². The fourth-order valence-corrected chi connectivity index (χ4v) is 2.59. The molecule has 0 spiro atoms. The molecule has 23 heavy (non-hydrogen) atoms. The van der Waals surface area contributed by atoms with Gasteiger partial charge in [-0.2, -0.15) is 5.10 Å². The molecule has 0 unspecified atom stereocenters. The van der Waals surface area contributed by atoms with E-state index >= 15 is 0 Å². The van der Waals surface area contributed by atoms with Gasteiger partial charge in [-0.3, -0.25) is 9.67 Å². The van der Waals surface area contributed by atoms with Crippen LogP contribution in [0.3, 0.4) is 0 Å². The summed E-state index contributed by atoms with van der Waals surface area (Å²) in [7, 11) is 3.82. The Morgan fingerprint density at radius 3 is 2.35 bits per heavy atom. The van der Waals surface area contributed by atoms with Gasteiger partial charge >= 0.3 is 0 Å². The van der Waals surface area contributed by atoms with Crippen molar-refractivity contribution < 1.29 is 0 Å². The third kappa shape index (κ3) is 8.04. The molecular weight excluding hydrogens is 401 g/mol. The van der Waals surface area contributed by atoms with Crippen LogP contribution >= 0.6 is 24.0 Å². The predicted molar refractivity (Wildman–Crippen MR) is 110 cm³/mol. The van der Waals surface area contributed by atoms with Gasteiger partial charge in [0.25, 0.3) is 0 Å². The van der Waals surface area contributed by atoms with E-state index in [9.17, 15) is 0 Å². The number of halogens is 1. The van der Waals surface area contributed by atoms with Gasteiger partial charge in [-0.25, -0.2) is 0 Å². The Labute approximate surface area is 158 Å². The number of guanidine groups is 1. The predicted octanol–water partition coefficient (Wildman–Crippen LogP) is 3.19. The van der Waals surface area contributed by atoms with E-state index in [0.717, 1.165) is 37.1 Å². The second-order valence-electron chi connectivity index (χ2n) is 6.34. The van der Waals surface area contributed by atoms with Gasteiger partial charge in [0.05, 0.1) is 5.69 Å². The van der Waals surface area contributed by atoms with Gasteiger partial charge in [0.2, 0.25) is 0 Å². The lowest BCUT2D eigenvalue weighted by Gasteiger charge is -2.12. The molecule has 6 heteroatoms. The first kappa shape index (κ1) is 22.2. The molecule has 0 amide bonds. The summed E-state index contributed by atoms with van der Waals surface area (Å²) in [4.78, 5) is 4.28. The van der Waals surface area contributed by atoms with Crippen LogP contribution in [0.1, 0.15) is 50.1 Å². The number of unbranched alkanes of at least 4 members (excludes halogenated alkanes) is 1. The molecule has 0 bridgehead atoms. The van der Waals surface area contributed by atoms with E-state index in [-0.39, 0.29) is 24.0 Å². The summed E-state index contributed by atoms with van der Waals surface area (Å²) in [6, 6.07) is 0. The molecule has 0 saturated heterocycles. The first-order valence-corrected chi connectivity index (χ1v) is 8.39. The molecule has 1 aromatic rings. The Morgan fingerprint density at radius 2 is 1.83 bits per heavy atom. The minimum Gasteiger partial charge on any atom is -0.356 e.